The third kappa shape index (κ3) is 6.26. The number of aromatic nitrogens is 4. The lowest BCUT2D eigenvalue weighted by molar-refractivity contribution is 0.0548. The van der Waals surface area contributed by atoms with Crippen LogP contribution in [0.5, 0.6) is 0 Å². The van der Waals surface area contributed by atoms with Crippen LogP contribution in [-0.2, 0) is 17.7 Å². The number of nitriles is 1. The average Bonchev–Trinajstić information content (AvgIpc) is 3.63. The Morgan fingerprint density at radius 3 is 2.68 bits per heavy atom. The zero-order valence-corrected chi connectivity index (χ0v) is 22.2. The van der Waals surface area contributed by atoms with Crippen molar-refractivity contribution >= 4 is 23.6 Å². The van der Waals surface area contributed by atoms with Crippen LogP contribution in [0.1, 0.15) is 71.6 Å². The van der Waals surface area contributed by atoms with Gasteiger partial charge in [-0.25, -0.2) is 14.6 Å². The molecule has 0 bridgehead atoms. The van der Waals surface area contributed by atoms with E-state index in [2.05, 4.69) is 27.0 Å². The number of carbonyl (C=O) groups is 3. The highest BCUT2D eigenvalue weighted by Gasteiger charge is 2.29. The van der Waals surface area contributed by atoms with Crippen molar-refractivity contribution in [3.8, 4) is 6.07 Å². The Kier molecular flexibility index (Phi) is 8.81. The number of hydrogen-bond donors (Lipinski definition) is 3. The molecule has 0 saturated carbocycles. The quantitative estimate of drug-likeness (QED) is 0.227. The van der Waals surface area contributed by atoms with Crippen LogP contribution in [0.4, 0.5) is 0 Å². The molecule has 1 amide bonds. The summed E-state index contributed by atoms with van der Waals surface area (Å²) >= 11 is 0. The van der Waals surface area contributed by atoms with Gasteiger partial charge in [0.05, 0.1) is 23.2 Å². The first-order chi connectivity index (χ1) is 19.8. The Morgan fingerprint density at radius 1 is 1.27 bits per heavy atom. The zero-order chi connectivity index (χ0) is 29.5. The van der Waals surface area contributed by atoms with Crippen LogP contribution in [0.25, 0.3) is 5.78 Å². The second kappa shape index (κ2) is 12.6. The molecule has 0 spiro atoms. The van der Waals surface area contributed by atoms with E-state index < -0.39 is 17.8 Å². The molecule has 208 valence electrons. The first-order valence-electron chi connectivity index (χ1n) is 12.6. The van der Waals surface area contributed by atoms with Crippen LogP contribution in [-0.4, -0.2) is 49.1 Å². The summed E-state index contributed by atoms with van der Waals surface area (Å²) in [6.45, 7) is 6.06. The Balaban J connectivity index is 0.000000328. The van der Waals surface area contributed by atoms with Crippen LogP contribution in [0.2, 0.25) is 0 Å². The van der Waals surface area contributed by atoms with Crippen molar-refractivity contribution in [3.05, 3.63) is 106 Å². The Morgan fingerprint density at radius 2 is 2.02 bits per heavy atom. The highest BCUT2D eigenvalue weighted by Crippen LogP contribution is 2.35. The molecule has 0 unspecified atom stereocenters. The van der Waals surface area contributed by atoms with Crippen molar-refractivity contribution in [3.63, 3.8) is 0 Å². The number of carbonyl (C=O) groups excluding carboxylic acids is 2. The highest BCUT2D eigenvalue weighted by atomic mass is 16.5. The number of hydrogen-bond acceptors (Lipinski definition) is 9. The first kappa shape index (κ1) is 28.6. The highest BCUT2D eigenvalue weighted by molar-refractivity contribution is 5.96. The van der Waals surface area contributed by atoms with Gasteiger partial charge in [-0.2, -0.15) is 19.9 Å². The van der Waals surface area contributed by atoms with Crippen molar-refractivity contribution in [2.24, 2.45) is 5.73 Å². The largest absolute Gasteiger partial charge is 0.477 e. The van der Waals surface area contributed by atoms with Gasteiger partial charge < -0.3 is 20.9 Å². The lowest BCUT2D eigenvalue weighted by atomic mass is 9.98. The summed E-state index contributed by atoms with van der Waals surface area (Å²) in [5, 5.41) is 24.6. The van der Waals surface area contributed by atoms with Crippen LogP contribution in [0.15, 0.2) is 61.4 Å². The maximum atomic E-state index is 13.0. The van der Waals surface area contributed by atoms with Gasteiger partial charge in [0, 0.05) is 12.6 Å². The van der Waals surface area contributed by atoms with Gasteiger partial charge in [-0.05, 0) is 60.2 Å². The van der Waals surface area contributed by atoms with Crippen LogP contribution >= 0.6 is 0 Å². The fourth-order valence-electron chi connectivity index (χ4n) is 4.49. The molecular weight excluding hydrogens is 526 g/mol. The van der Waals surface area contributed by atoms with Crippen LogP contribution in [0.3, 0.4) is 0 Å². The topological polar surface area (TPSA) is 186 Å². The summed E-state index contributed by atoms with van der Waals surface area (Å²) in [7, 11) is 0. The van der Waals surface area contributed by atoms with Crippen molar-refractivity contribution in [2.45, 2.75) is 32.4 Å². The molecule has 2 heterocycles. The minimum absolute atomic E-state index is 0.0229. The number of benzene rings is 2. The van der Waals surface area contributed by atoms with E-state index >= 15 is 0 Å². The van der Waals surface area contributed by atoms with Gasteiger partial charge in [0.2, 0.25) is 0 Å². The molecule has 1 aliphatic rings. The fourth-order valence-corrected chi connectivity index (χ4v) is 4.49. The van der Waals surface area contributed by atoms with E-state index in [0.29, 0.717) is 30.5 Å². The van der Waals surface area contributed by atoms with Crippen molar-refractivity contribution in [1.82, 2.24) is 24.9 Å². The SMILES string of the molecule is C=CCOC(=O)c1ccc2c(c1C)CC[C@@H]2NC(=O)c1cc(C(=O)O)nc2ncnn12.N#Cc1ccc(CN)cc1. The number of aromatic carboxylic acids is 1. The summed E-state index contributed by atoms with van der Waals surface area (Å²) < 4.78 is 6.33. The van der Waals surface area contributed by atoms with Gasteiger partial charge in [-0.3, -0.25) is 4.79 Å². The first-order valence-corrected chi connectivity index (χ1v) is 12.6. The molecule has 4 aromatic rings. The number of esters is 1. The van der Waals surface area contributed by atoms with E-state index in [1.165, 1.54) is 23.0 Å². The standard InChI is InChI=1S/C21H19N5O5.C8H8N2/c1-3-8-31-20(30)13-4-5-14-12(11(13)2)6-7-15(14)24-18(27)17-9-16(19(28)29)25-21-22-10-23-26(17)21;9-5-7-1-2-8(6-10)4-3-7/h3-5,9-10,15H,1,6-8H2,2H3,(H,24,27)(H,28,29);1-4H,5,9H2/t15-;/m0./s1. The normalized spacial score (nSPS) is 13.3. The number of carboxylic acids is 1. The van der Waals surface area contributed by atoms with E-state index in [-0.39, 0.29) is 29.8 Å². The number of nitrogens with zero attached hydrogens (tertiary/aromatic N) is 5. The maximum Gasteiger partial charge on any atom is 0.354 e. The van der Waals surface area contributed by atoms with Crippen molar-refractivity contribution in [2.75, 3.05) is 6.61 Å². The van der Waals surface area contributed by atoms with Gasteiger partial charge in [0.1, 0.15) is 18.6 Å². The van der Waals surface area contributed by atoms with Crippen molar-refractivity contribution < 1.29 is 24.2 Å². The smallest absolute Gasteiger partial charge is 0.354 e. The molecule has 41 heavy (non-hydrogen) atoms. The fraction of sp³-hybridized carbons (Fsp3) is 0.207. The lowest BCUT2D eigenvalue weighted by Gasteiger charge is -2.16. The van der Waals surface area contributed by atoms with Gasteiger partial charge in [0.15, 0.2) is 5.69 Å². The van der Waals surface area contributed by atoms with E-state index in [1.807, 2.05) is 31.2 Å². The Hall–Kier alpha value is -5.41. The van der Waals surface area contributed by atoms with Crippen LogP contribution in [0, 0.1) is 18.3 Å². The minimum Gasteiger partial charge on any atom is -0.477 e. The Bertz CT molecular complexity index is 1670. The monoisotopic (exact) mass is 553 g/mol. The summed E-state index contributed by atoms with van der Waals surface area (Å²) in [5.41, 5.74) is 10.0. The van der Waals surface area contributed by atoms with Crippen LogP contribution < -0.4 is 11.1 Å². The van der Waals surface area contributed by atoms with Gasteiger partial charge >= 0.3 is 11.9 Å². The molecule has 2 aromatic heterocycles. The maximum absolute atomic E-state index is 13.0. The number of rotatable bonds is 7. The number of fused-ring (bicyclic) bond motifs is 2. The summed E-state index contributed by atoms with van der Waals surface area (Å²) in [4.78, 5) is 44.3. The van der Waals surface area contributed by atoms with E-state index in [9.17, 15) is 19.5 Å². The molecule has 12 heteroatoms. The van der Waals surface area contributed by atoms with Gasteiger partial charge in [-0.1, -0.05) is 30.9 Å². The molecule has 5 rings (SSSR count). The molecule has 0 aliphatic heterocycles. The molecule has 2 aromatic carbocycles. The zero-order valence-electron chi connectivity index (χ0n) is 22.2. The van der Waals surface area contributed by atoms with E-state index in [4.69, 9.17) is 15.7 Å². The number of amides is 1. The molecule has 12 nitrogen and oxygen atoms in total. The molecular formula is C29H27N7O5. The second-order valence-electron chi connectivity index (χ2n) is 9.07. The molecule has 0 fully saturated rings. The molecule has 4 N–H and O–H groups in total. The third-order valence-corrected chi connectivity index (χ3v) is 6.57. The second-order valence-corrected chi connectivity index (χ2v) is 9.07. The number of carboxylic acid groups (broad SMARTS) is 1. The minimum atomic E-state index is -1.27. The summed E-state index contributed by atoms with van der Waals surface area (Å²) in [5.74, 6) is -2.16. The predicted molar refractivity (Wildman–Crippen MR) is 147 cm³/mol. The predicted octanol–water partition coefficient (Wildman–Crippen LogP) is 2.91. The van der Waals surface area contributed by atoms with E-state index in [0.717, 1.165) is 22.3 Å². The molecule has 1 atom stereocenters. The number of ether oxygens (including phenoxy) is 1. The lowest BCUT2D eigenvalue weighted by Crippen LogP contribution is -2.29. The molecule has 0 saturated heterocycles. The average molecular weight is 554 g/mol. The van der Waals surface area contributed by atoms with Crippen molar-refractivity contribution in [1.29, 1.82) is 5.26 Å². The summed E-state index contributed by atoms with van der Waals surface area (Å²) in [6.07, 6.45) is 4.04. The van der Waals surface area contributed by atoms with E-state index in [1.54, 1.807) is 18.2 Å². The van der Waals surface area contributed by atoms with Gasteiger partial charge in [0.25, 0.3) is 11.7 Å². The molecule has 0 radical (unpaired) electrons. The number of nitrogens with two attached hydrogens (primary N) is 1. The molecule has 1 aliphatic carbocycles. The van der Waals surface area contributed by atoms with Gasteiger partial charge in [-0.15, -0.1) is 0 Å². The Labute approximate surface area is 235 Å². The summed E-state index contributed by atoms with van der Waals surface area (Å²) in [6, 6.07) is 13.7. The number of nitrogens with one attached hydrogen (secondary N) is 1. The third-order valence-electron chi connectivity index (χ3n) is 6.57.